The zero-order valence-corrected chi connectivity index (χ0v) is 20.0. The maximum absolute atomic E-state index is 13.2. The summed E-state index contributed by atoms with van der Waals surface area (Å²) in [5.74, 6) is 0.226. The first-order valence-electron chi connectivity index (χ1n) is 10.9. The van der Waals surface area contributed by atoms with E-state index in [1.807, 2.05) is 25.8 Å². The molecule has 34 heavy (non-hydrogen) atoms. The van der Waals surface area contributed by atoms with E-state index in [1.165, 1.54) is 24.4 Å². The molecule has 3 heterocycles. The van der Waals surface area contributed by atoms with Gasteiger partial charge in [-0.25, -0.2) is 22.4 Å². The third-order valence-electron chi connectivity index (χ3n) is 6.51. The van der Waals surface area contributed by atoms with Gasteiger partial charge in [0.2, 0.25) is 0 Å². The van der Waals surface area contributed by atoms with Crippen molar-refractivity contribution >= 4 is 32.4 Å². The molecule has 1 aliphatic rings. The maximum Gasteiger partial charge on any atom is 0.312 e. The number of nitro groups is 1. The molecule has 0 bridgehead atoms. The van der Waals surface area contributed by atoms with E-state index >= 15 is 0 Å². The van der Waals surface area contributed by atoms with Gasteiger partial charge in [0.1, 0.15) is 11.9 Å². The summed E-state index contributed by atoms with van der Waals surface area (Å²) in [4.78, 5) is 15.4. The fourth-order valence-electron chi connectivity index (χ4n) is 4.29. The number of fused-ring (bicyclic) bond motifs is 1. The zero-order chi connectivity index (χ0) is 24.7. The highest BCUT2D eigenvalue weighted by atomic mass is 32.2. The Kier molecular flexibility index (Phi) is 6.05. The van der Waals surface area contributed by atoms with E-state index in [9.17, 15) is 23.8 Å². The van der Waals surface area contributed by atoms with Gasteiger partial charge in [0.05, 0.1) is 26.7 Å². The first-order valence-corrected chi connectivity index (χ1v) is 12.4. The Bertz CT molecular complexity index is 1380. The van der Waals surface area contributed by atoms with Gasteiger partial charge in [-0.3, -0.25) is 10.1 Å². The van der Waals surface area contributed by atoms with E-state index in [1.54, 1.807) is 12.1 Å². The summed E-state index contributed by atoms with van der Waals surface area (Å²) in [7, 11) is -3.94. The monoisotopic (exact) mass is 482 g/mol. The van der Waals surface area contributed by atoms with Crippen LogP contribution in [0.4, 0.5) is 11.4 Å². The Morgan fingerprint density at radius 1 is 1.21 bits per heavy atom. The lowest BCUT2D eigenvalue weighted by Crippen LogP contribution is -2.41. The molecular formula is C23H26N6O4S. The Morgan fingerprint density at radius 2 is 1.85 bits per heavy atom. The van der Waals surface area contributed by atoms with Crippen LogP contribution in [-0.4, -0.2) is 40.4 Å². The number of hydrogen-bond donors (Lipinski definition) is 1. The van der Waals surface area contributed by atoms with Crippen LogP contribution in [0.3, 0.4) is 0 Å². The Balaban J connectivity index is 1.69. The zero-order valence-electron chi connectivity index (χ0n) is 19.2. The number of hydrogen-bond acceptors (Lipinski definition) is 8. The average molecular weight is 483 g/mol. The van der Waals surface area contributed by atoms with Gasteiger partial charge in [0.25, 0.3) is 10.0 Å². The molecule has 11 heteroatoms. The van der Waals surface area contributed by atoms with Crippen LogP contribution in [0.15, 0.2) is 47.6 Å². The second-order valence-corrected chi connectivity index (χ2v) is 11.0. The number of aromatic nitrogens is 2. The van der Waals surface area contributed by atoms with E-state index in [-0.39, 0.29) is 27.8 Å². The van der Waals surface area contributed by atoms with Crippen LogP contribution in [0, 0.1) is 39.7 Å². The molecule has 1 N–H and O–H groups in total. The summed E-state index contributed by atoms with van der Waals surface area (Å²) in [6, 6.07) is 10.3. The minimum absolute atomic E-state index is 0.104. The van der Waals surface area contributed by atoms with Crippen molar-refractivity contribution in [2.24, 2.45) is 11.3 Å². The molecule has 0 amide bonds. The smallest absolute Gasteiger partial charge is 0.312 e. The van der Waals surface area contributed by atoms with Crippen LogP contribution in [-0.2, 0) is 10.0 Å². The van der Waals surface area contributed by atoms with Gasteiger partial charge in [-0.15, -0.1) is 0 Å². The molecule has 1 aromatic carbocycles. The van der Waals surface area contributed by atoms with Gasteiger partial charge in [-0.1, -0.05) is 17.7 Å². The molecule has 0 radical (unpaired) electrons. The molecule has 1 aliphatic heterocycles. The van der Waals surface area contributed by atoms with Crippen LogP contribution in [0.2, 0.25) is 0 Å². The normalized spacial score (nSPS) is 15.8. The molecule has 0 aliphatic carbocycles. The summed E-state index contributed by atoms with van der Waals surface area (Å²) >= 11 is 0. The van der Waals surface area contributed by atoms with Crippen molar-refractivity contribution in [2.45, 2.75) is 38.5 Å². The van der Waals surface area contributed by atoms with Gasteiger partial charge >= 0.3 is 5.69 Å². The summed E-state index contributed by atoms with van der Waals surface area (Å²) in [5, 5.41) is 23.4. The van der Waals surface area contributed by atoms with Crippen molar-refractivity contribution in [2.75, 3.05) is 18.5 Å². The summed E-state index contributed by atoms with van der Waals surface area (Å²) < 4.78 is 27.5. The van der Waals surface area contributed by atoms with E-state index in [4.69, 9.17) is 0 Å². The maximum atomic E-state index is 13.2. The molecule has 10 nitrogen and oxygen atoms in total. The average Bonchev–Trinajstić information content (AvgIpc) is 3.25. The summed E-state index contributed by atoms with van der Waals surface area (Å²) in [5.41, 5.74) is 3.69. The molecule has 1 fully saturated rings. The van der Waals surface area contributed by atoms with Crippen molar-refractivity contribution in [3.8, 4) is 6.07 Å². The van der Waals surface area contributed by atoms with Crippen molar-refractivity contribution < 1.29 is 13.3 Å². The van der Waals surface area contributed by atoms with Gasteiger partial charge in [0, 0.05) is 19.3 Å². The van der Waals surface area contributed by atoms with E-state index in [2.05, 4.69) is 16.5 Å². The fourth-order valence-corrected chi connectivity index (χ4v) is 5.59. The van der Waals surface area contributed by atoms with Crippen molar-refractivity contribution in [3.05, 3.63) is 58.4 Å². The number of piperidine rings is 1. The van der Waals surface area contributed by atoms with E-state index in [0.717, 1.165) is 28.6 Å². The lowest BCUT2D eigenvalue weighted by atomic mass is 9.75. The van der Waals surface area contributed by atoms with Crippen LogP contribution < -0.4 is 5.43 Å². The van der Waals surface area contributed by atoms with Gasteiger partial charge in [0.15, 0.2) is 5.65 Å². The van der Waals surface area contributed by atoms with E-state index in [0.29, 0.717) is 18.5 Å². The number of aryl methyl sites for hydroxylation is 1. The molecule has 4 rings (SSSR count). The minimum atomic E-state index is -3.94. The molecule has 178 valence electrons. The molecule has 1 saturated heterocycles. The Hall–Kier alpha value is -3.49. The van der Waals surface area contributed by atoms with E-state index < -0.39 is 20.4 Å². The Morgan fingerprint density at radius 3 is 2.44 bits per heavy atom. The first kappa shape index (κ1) is 23.7. The van der Waals surface area contributed by atoms with Gasteiger partial charge in [-0.2, -0.15) is 5.26 Å². The largest absolute Gasteiger partial charge is 0.312 e. The fraction of sp³-hybridized carbons (Fsp3) is 0.391. The number of anilines is 1. The first-order chi connectivity index (χ1) is 16.0. The number of benzene rings is 1. The molecule has 0 unspecified atom stereocenters. The third-order valence-corrected chi connectivity index (χ3v) is 8.19. The molecule has 0 spiro atoms. The van der Waals surface area contributed by atoms with Crippen LogP contribution in [0.5, 0.6) is 0 Å². The lowest BCUT2D eigenvalue weighted by molar-refractivity contribution is -0.384. The van der Waals surface area contributed by atoms with Gasteiger partial charge in [-0.05, 0) is 57.7 Å². The number of nitriles is 1. The second kappa shape index (κ2) is 8.70. The predicted octanol–water partition coefficient (Wildman–Crippen LogP) is 4.08. The number of nitrogens with zero attached hydrogens (tertiary/aromatic N) is 5. The standard InChI is InChI=1S/C23H26N6O4S/c1-16-4-6-18(7-5-16)34(32,33)28-13-10-19-21(20(29(30)31)14-25-22(19)28)26-27-11-8-17(9-12-27)23(2,3)15-24/h4-7,10,13-14,17H,8-9,11-12H2,1-3H3,(H,25,26). The third kappa shape index (κ3) is 4.22. The molecular weight excluding hydrogens is 456 g/mol. The van der Waals surface area contributed by atoms with Gasteiger partial charge < -0.3 is 5.43 Å². The molecule has 0 saturated carbocycles. The summed E-state index contributed by atoms with van der Waals surface area (Å²) in [6.07, 6.45) is 3.97. The molecule has 2 aromatic heterocycles. The number of hydrazine groups is 1. The summed E-state index contributed by atoms with van der Waals surface area (Å²) in [6.45, 7) is 6.91. The Labute approximate surface area is 198 Å². The number of pyridine rings is 1. The van der Waals surface area contributed by atoms with Crippen LogP contribution in [0.25, 0.3) is 11.0 Å². The highest BCUT2D eigenvalue weighted by Gasteiger charge is 2.33. The quantitative estimate of drug-likeness (QED) is 0.410. The highest BCUT2D eigenvalue weighted by molar-refractivity contribution is 7.90. The molecule has 3 aromatic rings. The minimum Gasteiger partial charge on any atom is -0.312 e. The number of nitrogens with one attached hydrogen (secondary N) is 1. The lowest BCUT2D eigenvalue weighted by Gasteiger charge is -2.37. The molecule has 0 atom stereocenters. The highest BCUT2D eigenvalue weighted by Crippen LogP contribution is 2.37. The number of rotatable bonds is 6. The van der Waals surface area contributed by atoms with Crippen molar-refractivity contribution in [3.63, 3.8) is 0 Å². The second-order valence-electron chi connectivity index (χ2n) is 9.15. The van der Waals surface area contributed by atoms with Crippen LogP contribution in [0.1, 0.15) is 32.3 Å². The van der Waals surface area contributed by atoms with Crippen molar-refractivity contribution in [1.82, 2.24) is 14.0 Å². The SMILES string of the molecule is Cc1ccc(S(=O)(=O)n2ccc3c(NN4CCC(C(C)(C)C#N)CC4)c([N+](=O)[O-])cnc32)cc1. The van der Waals surface area contributed by atoms with Crippen molar-refractivity contribution in [1.29, 1.82) is 5.26 Å². The topological polar surface area (TPSA) is 134 Å². The van der Waals surface area contributed by atoms with Crippen LogP contribution >= 0.6 is 0 Å². The predicted molar refractivity (Wildman–Crippen MR) is 127 cm³/mol.